The lowest BCUT2D eigenvalue weighted by molar-refractivity contribution is 0.249. The number of nitrogens with one attached hydrogen (secondary N) is 1. The van der Waals surface area contributed by atoms with Crippen LogP contribution in [-0.2, 0) is 10.8 Å². The van der Waals surface area contributed by atoms with Gasteiger partial charge in [-0.05, 0) is 60.0 Å². The van der Waals surface area contributed by atoms with E-state index in [-0.39, 0.29) is 4.75 Å². The molecule has 5 nitrogen and oxygen atoms in total. The van der Waals surface area contributed by atoms with Crippen LogP contribution in [0.4, 0.5) is 0 Å². The number of aliphatic imine (C=N–C) groups is 1. The second kappa shape index (κ2) is 8.47. The second-order valence-electron chi connectivity index (χ2n) is 7.53. The highest BCUT2D eigenvalue weighted by Crippen LogP contribution is 2.20. The van der Waals surface area contributed by atoms with E-state index in [9.17, 15) is 4.21 Å². The van der Waals surface area contributed by atoms with Crippen LogP contribution in [0.2, 0.25) is 0 Å². The van der Waals surface area contributed by atoms with E-state index in [1.165, 1.54) is 32.4 Å². The fourth-order valence-electron chi connectivity index (χ4n) is 3.31. The van der Waals surface area contributed by atoms with E-state index in [2.05, 4.69) is 22.0 Å². The standard InChI is InChI=1S/C17H34N4OS/c1-5-18-16(19-9-13-23(22)17(2,3)4)21-12-8-15(14-21)20-10-6-7-11-20/h15H,5-14H2,1-4H3,(H,18,19). The third-order valence-corrected chi connectivity index (χ3v) is 6.60. The fourth-order valence-corrected chi connectivity index (χ4v) is 4.17. The van der Waals surface area contributed by atoms with Crippen molar-refractivity contribution < 1.29 is 4.21 Å². The van der Waals surface area contributed by atoms with E-state index < -0.39 is 10.8 Å². The molecule has 0 aliphatic carbocycles. The first-order valence-corrected chi connectivity index (χ1v) is 10.4. The monoisotopic (exact) mass is 342 g/mol. The van der Waals surface area contributed by atoms with Crippen LogP contribution in [0.5, 0.6) is 0 Å². The van der Waals surface area contributed by atoms with Gasteiger partial charge in [0.15, 0.2) is 5.96 Å². The molecule has 2 heterocycles. The van der Waals surface area contributed by atoms with Crippen LogP contribution in [0.25, 0.3) is 0 Å². The molecule has 2 fully saturated rings. The summed E-state index contributed by atoms with van der Waals surface area (Å²) in [7, 11) is -0.830. The van der Waals surface area contributed by atoms with E-state index in [0.717, 1.165) is 25.6 Å². The van der Waals surface area contributed by atoms with Crippen molar-refractivity contribution in [1.29, 1.82) is 0 Å². The topological polar surface area (TPSA) is 47.9 Å². The Labute approximate surface area is 144 Å². The van der Waals surface area contributed by atoms with Gasteiger partial charge in [0.05, 0.1) is 6.54 Å². The fraction of sp³-hybridized carbons (Fsp3) is 0.941. The van der Waals surface area contributed by atoms with Gasteiger partial charge in [0.1, 0.15) is 0 Å². The van der Waals surface area contributed by atoms with Crippen molar-refractivity contribution >= 4 is 16.8 Å². The van der Waals surface area contributed by atoms with Crippen LogP contribution in [0.1, 0.15) is 47.0 Å². The Hall–Kier alpha value is -0.620. The SMILES string of the molecule is CCNC(=NCCS(=O)C(C)(C)C)N1CCC(N2CCCC2)C1. The lowest BCUT2D eigenvalue weighted by atomic mass is 10.2. The molecule has 2 unspecified atom stereocenters. The van der Waals surface area contributed by atoms with Crippen LogP contribution in [-0.4, -0.2) is 75.8 Å². The number of hydrogen-bond acceptors (Lipinski definition) is 3. The van der Waals surface area contributed by atoms with E-state index in [4.69, 9.17) is 4.99 Å². The molecule has 0 bridgehead atoms. The molecule has 2 rings (SSSR count). The molecule has 0 spiro atoms. The average Bonchev–Trinajstić information content (AvgIpc) is 3.16. The highest BCUT2D eigenvalue weighted by atomic mass is 32.2. The molecule has 0 aromatic heterocycles. The number of rotatable bonds is 5. The summed E-state index contributed by atoms with van der Waals surface area (Å²) in [5.41, 5.74) is 0. The maximum atomic E-state index is 12.2. The molecule has 0 saturated carbocycles. The first kappa shape index (κ1) is 18.7. The van der Waals surface area contributed by atoms with Gasteiger partial charge in [-0.3, -0.25) is 14.1 Å². The molecule has 0 aromatic rings. The van der Waals surface area contributed by atoms with Gasteiger partial charge < -0.3 is 10.2 Å². The molecule has 0 radical (unpaired) electrons. The van der Waals surface area contributed by atoms with E-state index in [1.54, 1.807) is 0 Å². The zero-order chi connectivity index (χ0) is 16.9. The summed E-state index contributed by atoms with van der Waals surface area (Å²) >= 11 is 0. The number of hydrogen-bond donors (Lipinski definition) is 1. The van der Waals surface area contributed by atoms with Gasteiger partial charge in [0.2, 0.25) is 0 Å². The van der Waals surface area contributed by atoms with Crippen LogP contribution in [0.15, 0.2) is 4.99 Å². The van der Waals surface area contributed by atoms with Crippen molar-refractivity contribution in [3.63, 3.8) is 0 Å². The molecule has 6 heteroatoms. The Bertz CT molecular complexity index is 427. The molecule has 23 heavy (non-hydrogen) atoms. The minimum Gasteiger partial charge on any atom is -0.357 e. The van der Waals surface area contributed by atoms with E-state index in [1.807, 2.05) is 20.8 Å². The largest absolute Gasteiger partial charge is 0.357 e. The van der Waals surface area contributed by atoms with Crippen LogP contribution < -0.4 is 5.32 Å². The third-order valence-electron chi connectivity index (χ3n) is 4.68. The van der Waals surface area contributed by atoms with Crippen molar-refractivity contribution in [1.82, 2.24) is 15.1 Å². The maximum absolute atomic E-state index is 12.2. The molecule has 0 aromatic carbocycles. The zero-order valence-corrected chi connectivity index (χ0v) is 16.1. The summed E-state index contributed by atoms with van der Waals surface area (Å²) in [5, 5.41) is 3.41. The summed E-state index contributed by atoms with van der Waals surface area (Å²) in [5.74, 6) is 1.64. The maximum Gasteiger partial charge on any atom is 0.193 e. The first-order valence-electron chi connectivity index (χ1n) is 9.07. The Morgan fingerprint density at radius 1 is 1.26 bits per heavy atom. The molecule has 2 aliphatic heterocycles. The van der Waals surface area contributed by atoms with Gasteiger partial charge >= 0.3 is 0 Å². The summed E-state index contributed by atoms with van der Waals surface area (Å²) in [6.07, 6.45) is 3.94. The number of guanidine groups is 1. The van der Waals surface area contributed by atoms with Gasteiger partial charge in [0.25, 0.3) is 0 Å². The second-order valence-corrected chi connectivity index (χ2v) is 9.85. The van der Waals surface area contributed by atoms with E-state index >= 15 is 0 Å². The Morgan fingerprint density at radius 3 is 2.57 bits per heavy atom. The van der Waals surface area contributed by atoms with Gasteiger partial charge in [-0.2, -0.15) is 0 Å². The summed E-state index contributed by atoms with van der Waals surface area (Å²) < 4.78 is 12.0. The Balaban J connectivity index is 1.87. The van der Waals surface area contributed by atoms with Crippen LogP contribution in [0, 0.1) is 0 Å². The molecule has 2 atom stereocenters. The van der Waals surface area contributed by atoms with Gasteiger partial charge in [-0.15, -0.1) is 0 Å². The highest BCUT2D eigenvalue weighted by molar-refractivity contribution is 7.86. The molecule has 1 N–H and O–H groups in total. The normalized spacial score (nSPS) is 25.1. The van der Waals surface area contributed by atoms with Crippen molar-refractivity contribution in [2.45, 2.75) is 57.7 Å². The highest BCUT2D eigenvalue weighted by Gasteiger charge is 2.30. The first-order chi connectivity index (χ1) is 10.9. The molecular formula is C17H34N4OS. The third kappa shape index (κ3) is 5.45. The Kier molecular flexibility index (Phi) is 6.89. The molecule has 2 aliphatic rings. The zero-order valence-electron chi connectivity index (χ0n) is 15.3. The quantitative estimate of drug-likeness (QED) is 0.610. The summed E-state index contributed by atoms with van der Waals surface area (Å²) in [6, 6.07) is 0.685. The number of likely N-dealkylation sites (tertiary alicyclic amines) is 2. The van der Waals surface area contributed by atoms with Gasteiger partial charge in [0, 0.05) is 47.0 Å². The van der Waals surface area contributed by atoms with Crippen molar-refractivity contribution in [2.75, 3.05) is 45.0 Å². The van der Waals surface area contributed by atoms with Crippen LogP contribution >= 0.6 is 0 Å². The molecule has 134 valence electrons. The minimum absolute atomic E-state index is 0.150. The van der Waals surface area contributed by atoms with Crippen molar-refractivity contribution in [3.8, 4) is 0 Å². The van der Waals surface area contributed by atoms with Crippen molar-refractivity contribution in [3.05, 3.63) is 0 Å². The smallest absolute Gasteiger partial charge is 0.193 e. The lowest BCUT2D eigenvalue weighted by Gasteiger charge is -2.25. The van der Waals surface area contributed by atoms with E-state index in [0.29, 0.717) is 18.3 Å². The Morgan fingerprint density at radius 2 is 1.96 bits per heavy atom. The number of nitrogens with zero attached hydrogens (tertiary/aromatic N) is 3. The summed E-state index contributed by atoms with van der Waals surface area (Å²) in [4.78, 5) is 9.75. The molecule has 2 saturated heterocycles. The van der Waals surface area contributed by atoms with Crippen molar-refractivity contribution in [2.24, 2.45) is 4.99 Å². The predicted molar refractivity (Wildman–Crippen MR) is 99.5 cm³/mol. The molecular weight excluding hydrogens is 308 g/mol. The van der Waals surface area contributed by atoms with Gasteiger partial charge in [-0.1, -0.05) is 0 Å². The van der Waals surface area contributed by atoms with Gasteiger partial charge in [-0.25, -0.2) is 0 Å². The van der Waals surface area contributed by atoms with Crippen LogP contribution in [0.3, 0.4) is 0 Å². The average molecular weight is 343 g/mol. The minimum atomic E-state index is -0.830. The lowest BCUT2D eigenvalue weighted by Crippen LogP contribution is -2.43. The summed E-state index contributed by atoms with van der Waals surface area (Å²) in [6.45, 7) is 14.4. The molecule has 0 amide bonds. The predicted octanol–water partition coefficient (Wildman–Crippen LogP) is 1.67.